The van der Waals surface area contributed by atoms with Crippen LogP contribution in [0.5, 0.6) is 0 Å². The van der Waals surface area contributed by atoms with Crippen LogP contribution in [0.1, 0.15) is 21.6 Å². The van der Waals surface area contributed by atoms with E-state index in [4.69, 9.17) is 5.21 Å². The standard InChI is InChI=1S/C11H10N2O2/c1-8-9(6-12-15)10-4-2-3-5-13(10)11(8)7-14/h2-7,15H,1H3. The summed E-state index contributed by atoms with van der Waals surface area (Å²) in [7, 11) is 0. The Morgan fingerprint density at radius 1 is 1.47 bits per heavy atom. The van der Waals surface area contributed by atoms with Crippen molar-refractivity contribution in [3.05, 3.63) is 41.2 Å². The van der Waals surface area contributed by atoms with Gasteiger partial charge in [0.05, 0.1) is 17.4 Å². The van der Waals surface area contributed by atoms with E-state index in [0.717, 1.165) is 22.9 Å². The van der Waals surface area contributed by atoms with Crippen LogP contribution in [0.15, 0.2) is 29.6 Å². The molecule has 2 aromatic heterocycles. The largest absolute Gasteiger partial charge is 0.411 e. The van der Waals surface area contributed by atoms with Crippen molar-refractivity contribution in [2.24, 2.45) is 5.16 Å². The molecule has 0 saturated heterocycles. The first-order chi connectivity index (χ1) is 7.29. The molecule has 15 heavy (non-hydrogen) atoms. The highest BCUT2D eigenvalue weighted by Gasteiger charge is 2.11. The van der Waals surface area contributed by atoms with Gasteiger partial charge in [0.1, 0.15) is 0 Å². The number of oxime groups is 1. The van der Waals surface area contributed by atoms with Gasteiger partial charge in [0.25, 0.3) is 0 Å². The number of rotatable bonds is 2. The van der Waals surface area contributed by atoms with Gasteiger partial charge in [0.2, 0.25) is 0 Å². The Kier molecular flexibility index (Phi) is 2.25. The number of aromatic nitrogens is 1. The van der Waals surface area contributed by atoms with Crippen LogP contribution in [-0.2, 0) is 0 Å². The fraction of sp³-hybridized carbons (Fsp3) is 0.0909. The van der Waals surface area contributed by atoms with Crippen LogP contribution in [0.3, 0.4) is 0 Å². The zero-order chi connectivity index (χ0) is 10.8. The summed E-state index contributed by atoms with van der Waals surface area (Å²) in [5.41, 5.74) is 3.02. The van der Waals surface area contributed by atoms with Gasteiger partial charge in [-0.2, -0.15) is 0 Å². The summed E-state index contributed by atoms with van der Waals surface area (Å²) in [6.45, 7) is 1.83. The first-order valence-corrected chi connectivity index (χ1v) is 4.52. The fourth-order valence-electron chi connectivity index (χ4n) is 1.75. The maximum absolute atomic E-state index is 10.9. The predicted octanol–water partition coefficient (Wildman–Crippen LogP) is 1.87. The minimum atomic E-state index is 0.584. The number of hydrogen-bond acceptors (Lipinski definition) is 3. The molecule has 4 heteroatoms. The maximum atomic E-state index is 10.9. The quantitative estimate of drug-likeness (QED) is 0.350. The van der Waals surface area contributed by atoms with E-state index in [-0.39, 0.29) is 0 Å². The first kappa shape index (κ1) is 9.45. The molecule has 0 aromatic carbocycles. The molecule has 0 saturated carbocycles. The average Bonchev–Trinajstić information content (AvgIpc) is 2.53. The van der Waals surface area contributed by atoms with E-state index in [9.17, 15) is 4.79 Å². The second kappa shape index (κ2) is 3.57. The van der Waals surface area contributed by atoms with Crippen LogP contribution in [0.25, 0.3) is 5.52 Å². The summed E-state index contributed by atoms with van der Waals surface area (Å²) in [5.74, 6) is 0. The van der Waals surface area contributed by atoms with E-state index in [2.05, 4.69) is 5.16 Å². The number of nitrogens with zero attached hydrogens (tertiary/aromatic N) is 2. The molecule has 0 fully saturated rings. The lowest BCUT2D eigenvalue weighted by Gasteiger charge is -1.94. The van der Waals surface area contributed by atoms with Gasteiger partial charge in [0, 0.05) is 11.8 Å². The highest BCUT2D eigenvalue weighted by atomic mass is 16.4. The van der Waals surface area contributed by atoms with Crippen molar-refractivity contribution in [2.45, 2.75) is 6.92 Å². The van der Waals surface area contributed by atoms with E-state index >= 15 is 0 Å². The lowest BCUT2D eigenvalue weighted by Crippen LogP contribution is -1.90. The van der Waals surface area contributed by atoms with Gasteiger partial charge in [-0.05, 0) is 24.6 Å². The highest BCUT2D eigenvalue weighted by Crippen LogP contribution is 2.20. The molecule has 76 valence electrons. The molecule has 0 atom stereocenters. The molecule has 0 bridgehead atoms. The molecule has 4 nitrogen and oxygen atoms in total. The SMILES string of the molecule is Cc1c(C=NO)c2ccccn2c1C=O. The third-order valence-electron chi connectivity index (χ3n) is 2.48. The molecule has 1 N–H and O–H groups in total. The van der Waals surface area contributed by atoms with E-state index in [1.54, 1.807) is 10.6 Å². The summed E-state index contributed by atoms with van der Waals surface area (Å²) in [5, 5.41) is 11.6. The van der Waals surface area contributed by atoms with E-state index < -0.39 is 0 Å². The molecule has 0 radical (unpaired) electrons. The van der Waals surface area contributed by atoms with Crippen LogP contribution in [0.2, 0.25) is 0 Å². The second-order valence-electron chi connectivity index (χ2n) is 3.24. The maximum Gasteiger partial charge on any atom is 0.167 e. The predicted molar refractivity (Wildman–Crippen MR) is 56.9 cm³/mol. The Hall–Kier alpha value is -2.10. The summed E-state index contributed by atoms with van der Waals surface area (Å²) >= 11 is 0. The second-order valence-corrected chi connectivity index (χ2v) is 3.24. The van der Waals surface area contributed by atoms with Crippen molar-refractivity contribution in [3.8, 4) is 0 Å². The van der Waals surface area contributed by atoms with Gasteiger partial charge < -0.3 is 9.61 Å². The van der Waals surface area contributed by atoms with E-state index in [1.165, 1.54) is 6.21 Å². The molecule has 2 aromatic rings. The number of carbonyl (C=O) groups excluding carboxylic acids is 1. The van der Waals surface area contributed by atoms with Crippen molar-refractivity contribution in [1.29, 1.82) is 0 Å². The van der Waals surface area contributed by atoms with Crippen LogP contribution in [0, 0.1) is 6.92 Å². The van der Waals surface area contributed by atoms with Crippen LogP contribution >= 0.6 is 0 Å². The minimum Gasteiger partial charge on any atom is -0.411 e. The Labute approximate surface area is 86.4 Å². The molecular formula is C11H10N2O2. The van der Waals surface area contributed by atoms with Crippen molar-refractivity contribution in [3.63, 3.8) is 0 Å². The van der Waals surface area contributed by atoms with Crippen LogP contribution in [0.4, 0.5) is 0 Å². The lowest BCUT2D eigenvalue weighted by molar-refractivity contribution is 0.111. The zero-order valence-electron chi connectivity index (χ0n) is 8.21. The van der Waals surface area contributed by atoms with Gasteiger partial charge >= 0.3 is 0 Å². The number of aldehydes is 1. The molecular weight excluding hydrogens is 192 g/mol. The van der Waals surface area contributed by atoms with Gasteiger partial charge in [0.15, 0.2) is 6.29 Å². The normalized spacial score (nSPS) is 11.3. The number of pyridine rings is 1. The molecule has 0 spiro atoms. The topological polar surface area (TPSA) is 54.1 Å². The Bertz CT molecular complexity index is 541. The zero-order valence-corrected chi connectivity index (χ0v) is 8.21. The van der Waals surface area contributed by atoms with Crippen molar-refractivity contribution in [1.82, 2.24) is 4.40 Å². The minimum absolute atomic E-state index is 0.584. The number of hydrogen-bond donors (Lipinski definition) is 1. The molecule has 0 amide bonds. The van der Waals surface area contributed by atoms with Gasteiger partial charge in [-0.15, -0.1) is 0 Å². The molecule has 0 aliphatic heterocycles. The summed E-state index contributed by atoms with van der Waals surface area (Å²) in [4.78, 5) is 10.9. The Balaban J connectivity index is 2.90. The van der Waals surface area contributed by atoms with Crippen molar-refractivity contribution in [2.75, 3.05) is 0 Å². The summed E-state index contributed by atoms with van der Waals surface area (Å²) < 4.78 is 1.78. The van der Waals surface area contributed by atoms with Crippen molar-refractivity contribution >= 4 is 18.0 Å². The molecule has 0 aliphatic carbocycles. The van der Waals surface area contributed by atoms with Gasteiger partial charge in [-0.1, -0.05) is 11.2 Å². The monoisotopic (exact) mass is 202 g/mol. The smallest absolute Gasteiger partial charge is 0.167 e. The van der Waals surface area contributed by atoms with E-state index in [0.29, 0.717) is 5.69 Å². The molecule has 0 unspecified atom stereocenters. The van der Waals surface area contributed by atoms with Crippen LogP contribution in [-0.4, -0.2) is 22.1 Å². The van der Waals surface area contributed by atoms with Gasteiger partial charge in [-0.3, -0.25) is 4.79 Å². The Morgan fingerprint density at radius 3 is 2.93 bits per heavy atom. The third-order valence-corrected chi connectivity index (χ3v) is 2.48. The van der Waals surface area contributed by atoms with E-state index in [1.807, 2.05) is 25.1 Å². The Morgan fingerprint density at radius 2 is 2.27 bits per heavy atom. The summed E-state index contributed by atoms with van der Waals surface area (Å²) in [6, 6.07) is 5.59. The fourth-order valence-corrected chi connectivity index (χ4v) is 1.75. The lowest BCUT2D eigenvalue weighted by atomic mass is 10.1. The highest BCUT2D eigenvalue weighted by molar-refractivity contribution is 5.96. The molecule has 0 aliphatic rings. The third kappa shape index (κ3) is 1.30. The number of carbonyl (C=O) groups is 1. The number of fused-ring (bicyclic) bond motifs is 1. The summed E-state index contributed by atoms with van der Waals surface area (Å²) in [6.07, 6.45) is 3.95. The average molecular weight is 202 g/mol. The van der Waals surface area contributed by atoms with Crippen LogP contribution < -0.4 is 0 Å². The molecule has 2 heterocycles. The van der Waals surface area contributed by atoms with Crippen molar-refractivity contribution < 1.29 is 10.0 Å². The van der Waals surface area contributed by atoms with Gasteiger partial charge in [-0.25, -0.2) is 0 Å². The first-order valence-electron chi connectivity index (χ1n) is 4.52. The molecule has 2 rings (SSSR count).